The highest BCUT2D eigenvalue weighted by molar-refractivity contribution is 7.71. The standard InChI is InChI=1S/C12H14N4S/c1-2-10-15-11(7-12(17)16-10)14-8-9-3-5-13-6-4-9/h3-7H,2,8H2,1H3,(H2,14,15,16,17). The van der Waals surface area contributed by atoms with Gasteiger partial charge in [-0.05, 0) is 17.7 Å². The molecular formula is C12H14N4S. The molecule has 2 aromatic rings. The second-order valence-electron chi connectivity index (χ2n) is 3.64. The number of aromatic amines is 1. The number of aromatic nitrogens is 3. The Morgan fingerprint density at radius 2 is 2.12 bits per heavy atom. The van der Waals surface area contributed by atoms with Crippen LogP contribution in [0.15, 0.2) is 30.6 Å². The van der Waals surface area contributed by atoms with Crippen molar-refractivity contribution in [3.8, 4) is 0 Å². The van der Waals surface area contributed by atoms with Gasteiger partial charge in [-0.25, -0.2) is 4.98 Å². The van der Waals surface area contributed by atoms with Gasteiger partial charge in [-0.3, -0.25) is 4.98 Å². The van der Waals surface area contributed by atoms with E-state index in [0.29, 0.717) is 4.64 Å². The third-order valence-corrected chi connectivity index (χ3v) is 2.57. The molecule has 2 heterocycles. The van der Waals surface area contributed by atoms with Crippen LogP contribution in [0.1, 0.15) is 18.3 Å². The van der Waals surface area contributed by atoms with E-state index in [2.05, 4.69) is 20.3 Å². The van der Waals surface area contributed by atoms with Crippen LogP contribution in [0, 0.1) is 4.64 Å². The molecule has 5 heteroatoms. The molecule has 0 atom stereocenters. The second kappa shape index (κ2) is 5.54. The van der Waals surface area contributed by atoms with Crippen LogP contribution in [0.4, 0.5) is 5.82 Å². The molecular weight excluding hydrogens is 232 g/mol. The minimum Gasteiger partial charge on any atom is -0.367 e. The molecule has 0 saturated heterocycles. The van der Waals surface area contributed by atoms with E-state index in [1.54, 1.807) is 12.4 Å². The first-order valence-electron chi connectivity index (χ1n) is 5.51. The minimum atomic E-state index is 0.609. The van der Waals surface area contributed by atoms with Crippen molar-refractivity contribution in [1.82, 2.24) is 15.0 Å². The molecule has 0 amide bonds. The van der Waals surface area contributed by atoms with Gasteiger partial charge in [0, 0.05) is 31.4 Å². The van der Waals surface area contributed by atoms with Crippen LogP contribution in [0.3, 0.4) is 0 Å². The van der Waals surface area contributed by atoms with Crippen LogP contribution in [-0.4, -0.2) is 15.0 Å². The highest BCUT2D eigenvalue weighted by Crippen LogP contribution is 2.06. The predicted octanol–water partition coefficient (Wildman–Crippen LogP) is 2.71. The van der Waals surface area contributed by atoms with Gasteiger partial charge in [0.05, 0.1) is 0 Å². The van der Waals surface area contributed by atoms with Crippen molar-refractivity contribution in [2.45, 2.75) is 19.9 Å². The molecule has 4 nitrogen and oxygen atoms in total. The number of nitrogens with one attached hydrogen (secondary N) is 2. The van der Waals surface area contributed by atoms with Crippen molar-refractivity contribution in [2.24, 2.45) is 0 Å². The normalized spacial score (nSPS) is 10.2. The molecule has 0 radical (unpaired) electrons. The summed E-state index contributed by atoms with van der Waals surface area (Å²) < 4.78 is 0.609. The summed E-state index contributed by atoms with van der Waals surface area (Å²) >= 11 is 5.10. The molecule has 0 aliphatic heterocycles. The first kappa shape index (κ1) is 11.7. The van der Waals surface area contributed by atoms with E-state index in [-0.39, 0.29) is 0 Å². The molecule has 0 aromatic carbocycles. The zero-order chi connectivity index (χ0) is 12.1. The van der Waals surface area contributed by atoms with Crippen LogP contribution in [0.5, 0.6) is 0 Å². The maximum atomic E-state index is 5.10. The zero-order valence-electron chi connectivity index (χ0n) is 9.60. The molecule has 0 spiro atoms. The van der Waals surface area contributed by atoms with E-state index in [9.17, 15) is 0 Å². The number of nitrogens with zero attached hydrogens (tertiary/aromatic N) is 2. The zero-order valence-corrected chi connectivity index (χ0v) is 10.4. The van der Waals surface area contributed by atoms with Gasteiger partial charge in [0.1, 0.15) is 16.3 Å². The van der Waals surface area contributed by atoms with Crippen LogP contribution < -0.4 is 5.32 Å². The number of rotatable bonds is 4. The van der Waals surface area contributed by atoms with Gasteiger partial charge in [0.2, 0.25) is 0 Å². The van der Waals surface area contributed by atoms with Gasteiger partial charge < -0.3 is 10.3 Å². The molecule has 0 fully saturated rings. The summed E-state index contributed by atoms with van der Waals surface area (Å²) in [7, 11) is 0. The van der Waals surface area contributed by atoms with Crippen LogP contribution in [0.2, 0.25) is 0 Å². The Labute approximate surface area is 105 Å². The highest BCUT2D eigenvalue weighted by atomic mass is 32.1. The fraction of sp³-hybridized carbons (Fsp3) is 0.250. The Kier molecular flexibility index (Phi) is 3.82. The lowest BCUT2D eigenvalue weighted by atomic mass is 10.3. The summed E-state index contributed by atoms with van der Waals surface area (Å²) in [5.41, 5.74) is 1.18. The molecule has 2 rings (SSSR count). The Hall–Kier alpha value is -1.75. The first-order chi connectivity index (χ1) is 8.28. The average Bonchev–Trinajstić information content (AvgIpc) is 2.37. The summed E-state index contributed by atoms with van der Waals surface area (Å²) in [6, 6.07) is 5.78. The van der Waals surface area contributed by atoms with Crippen LogP contribution in [0.25, 0.3) is 0 Å². The average molecular weight is 246 g/mol. The Balaban J connectivity index is 2.09. The summed E-state index contributed by atoms with van der Waals surface area (Å²) in [6.45, 7) is 2.78. The lowest BCUT2D eigenvalue weighted by Gasteiger charge is -2.07. The molecule has 0 saturated carbocycles. The maximum absolute atomic E-state index is 5.10. The second-order valence-corrected chi connectivity index (χ2v) is 4.06. The van der Waals surface area contributed by atoms with Crippen molar-refractivity contribution < 1.29 is 0 Å². The molecule has 0 aliphatic rings. The SMILES string of the molecule is CCc1nc(=S)cc(NCc2ccncc2)[nH]1. The Bertz CT molecular complexity index is 536. The lowest BCUT2D eigenvalue weighted by molar-refractivity contribution is 0.926. The smallest absolute Gasteiger partial charge is 0.131 e. The quantitative estimate of drug-likeness (QED) is 0.814. The van der Waals surface area contributed by atoms with Crippen LogP contribution in [-0.2, 0) is 13.0 Å². The van der Waals surface area contributed by atoms with Crippen molar-refractivity contribution in [3.63, 3.8) is 0 Å². The third-order valence-electron chi connectivity index (χ3n) is 2.36. The number of aryl methyl sites for hydroxylation is 1. The summed E-state index contributed by atoms with van der Waals surface area (Å²) in [5, 5.41) is 3.29. The van der Waals surface area contributed by atoms with E-state index in [4.69, 9.17) is 12.2 Å². The van der Waals surface area contributed by atoms with Crippen molar-refractivity contribution in [3.05, 3.63) is 46.6 Å². The first-order valence-corrected chi connectivity index (χ1v) is 5.92. The van der Waals surface area contributed by atoms with Crippen molar-refractivity contribution in [1.29, 1.82) is 0 Å². The van der Waals surface area contributed by atoms with E-state index in [1.165, 1.54) is 5.56 Å². The van der Waals surface area contributed by atoms with Gasteiger partial charge in [-0.1, -0.05) is 19.1 Å². The van der Waals surface area contributed by atoms with Gasteiger partial charge in [-0.2, -0.15) is 0 Å². The fourth-order valence-corrected chi connectivity index (χ4v) is 1.70. The minimum absolute atomic E-state index is 0.609. The maximum Gasteiger partial charge on any atom is 0.131 e. The Morgan fingerprint density at radius 3 is 2.82 bits per heavy atom. The molecule has 2 N–H and O–H groups in total. The number of hydrogen-bond acceptors (Lipinski definition) is 4. The Morgan fingerprint density at radius 1 is 1.35 bits per heavy atom. The largest absolute Gasteiger partial charge is 0.367 e. The third kappa shape index (κ3) is 3.35. The number of pyridine rings is 1. The number of hydrogen-bond donors (Lipinski definition) is 2. The van der Waals surface area contributed by atoms with E-state index in [0.717, 1.165) is 24.6 Å². The highest BCUT2D eigenvalue weighted by Gasteiger charge is 1.97. The van der Waals surface area contributed by atoms with Crippen LogP contribution >= 0.6 is 12.2 Å². The fourth-order valence-electron chi connectivity index (χ4n) is 1.47. The lowest BCUT2D eigenvalue weighted by Crippen LogP contribution is -2.04. The van der Waals surface area contributed by atoms with Gasteiger partial charge >= 0.3 is 0 Å². The summed E-state index contributed by atoms with van der Waals surface area (Å²) in [5.74, 6) is 1.80. The molecule has 0 unspecified atom stereocenters. The van der Waals surface area contributed by atoms with Gasteiger partial charge in [0.15, 0.2) is 0 Å². The van der Waals surface area contributed by atoms with Crippen molar-refractivity contribution in [2.75, 3.05) is 5.32 Å². The molecule has 17 heavy (non-hydrogen) atoms. The molecule has 2 aromatic heterocycles. The van der Waals surface area contributed by atoms with E-state index < -0.39 is 0 Å². The number of anilines is 1. The molecule has 0 bridgehead atoms. The van der Waals surface area contributed by atoms with Gasteiger partial charge in [0.25, 0.3) is 0 Å². The number of H-pyrrole nitrogens is 1. The molecule has 88 valence electrons. The predicted molar refractivity (Wildman–Crippen MR) is 70.4 cm³/mol. The summed E-state index contributed by atoms with van der Waals surface area (Å²) in [4.78, 5) is 11.4. The van der Waals surface area contributed by atoms with Gasteiger partial charge in [-0.15, -0.1) is 0 Å². The monoisotopic (exact) mass is 246 g/mol. The van der Waals surface area contributed by atoms with E-state index in [1.807, 2.05) is 25.1 Å². The molecule has 0 aliphatic carbocycles. The van der Waals surface area contributed by atoms with E-state index >= 15 is 0 Å². The van der Waals surface area contributed by atoms with Crippen molar-refractivity contribution >= 4 is 18.0 Å². The summed E-state index contributed by atoms with van der Waals surface area (Å²) in [6.07, 6.45) is 4.40. The topological polar surface area (TPSA) is 53.6 Å².